The number of aliphatic hydroxyl groups excluding tert-OH is 1. The van der Waals surface area contributed by atoms with Gasteiger partial charge < -0.3 is 15.3 Å². The maximum Gasteiger partial charge on any atom is 0.321 e. The van der Waals surface area contributed by atoms with E-state index in [0.717, 1.165) is 12.5 Å². The van der Waals surface area contributed by atoms with Gasteiger partial charge in [0.25, 0.3) is 0 Å². The van der Waals surface area contributed by atoms with Gasteiger partial charge in [-0.15, -0.1) is 0 Å². The molecule has 0 spiro atoms. The van der Waals surface area contributed by atoms with Crippen molar-refractivity contribution < 1.29 is 14.3 Å². The number of halogens is 1. The van der Waals surface area contributed by atoms with Crippen LogP contribution in [0.2, 0.25) is 0 Å². The van der Waals surface area contributed by atoms with E-state index in [0.29, 0.717) is 18.8 Å². The van der Waals surface area contributed by atoms with Crippen LogP contribution in [0.1, 0.15) is 12.0 Å². The third-order valence-electron chi connectivity index (χ3n) is 3.17. The Hall–Kier alpha value is -2.13. The van der Waals surface area contributed by atoms with Crippen LogP contribution >= 0.6 is 0 Å². The number of amides is 2. The molecule has 1 atom stereocenters. The summed E-state index contributed by atoms with van der Waals surface area (Å²) in [6.45, 7) is 1.12. The van der Waals surface area contributed by atoms with Crippen LogP contribution in [0.4, 0.5) is 14.9 Å². The number of hydrogen-bond donors (Lipinski definition) is 2. The number of likely N-dealkylation sites (tertiary alicyclic amines) is 1. The Morgan fingerprint density at radius 1 is 1.63 bits per heavy atom. The molecule has 0 aromatic heterocycles. The van der Waals surface area contributed by atoms with E-state index in [2.05, 4.69) is 5.32 Å². The van der Waals surface area contributed by atoms with Gasteiger partial charge in [-0.05, 0) is 24.6 Å². The van der Waals surface area contributed by atoms with Crippen molar-refractivity contribution in [2.24, 2.45) is 5.92 Å². The number of anilines is 1. The molecule has 2 rings (SSSR count). The van der Waals surface area contributed by atoms with E-state index in [1.54, 1.807) is 4.90 Å². The molecule has 1 fully saturated rings. The zero-order valence-electron chi connectivity index (χ0n) is 10.3. The van der Waals surface area contributed by atoms with Crippen molar-refractivity contribution >= 4 is 11.7 Å². The topological polar surface area (TPSA) is 76.4 Å². The predicted molar refractivity (Wildman–Crippen MR) is 66.9 cm³/mol. The largest absolute Gasteiger partial charge is 0.396 e. The quantitative estimate of drug-likeness (QED) is 0.849. The maximum absolute atomic E-state index is 13.0. The summed E-state index contributed by atoms with van der Waals surface area (Å²) in [5.74, 6) is -0.412. The summed E-state index contributed by atoms with van der Waals surface area (Å²) in [5.41, 5.74) is 0.382. The molecule has 0 bridgehead atoms. The molecular weight excluding hydrogens is 249 g/mol. The molecule has 1 unspecified atom stereocenters. The highest BCUT2D eigenvalue weighted by atomic mass is 19.1. The van der Waals surface area contributed by atoms with Crippen LogP contribution < -0.4 is 5.32 Å². The summed E-state index contributed by atoms with van der Waals surface area (Å²) in [6.07, 6.45) is 0.762. The van der Waals surface area contributed by atoms with E-state index in [9.17, 15) is 9.18 Å². The van der Waals surface area contributed by atoms with Crippen LogP contribution in [0.25, 0.3) is 0 Å². The summed E-state index contributed by atoms with van der Waals surface area (Å²) in [7, 11) is 0. The molecule has 1 aliphatic heterocycles. The first-order valence-corrected chi connectivity index (χ1v) is 6.00. The van der Waals surface area contributed by atoms with E-state index >= 15 is 0 Å². The molecule has 5 nitrogen and oxygen atoms in total. The SMILES string of the molecule is N#Cc1cc(F)ccc1NC(=O)N1CCC(CO)C1. The van der Waals surface area contributed by atoms with E-state index < -0.39 is 5.82 Å². The summed E-state index contributed by atoms with van der Waals surface area (Å²) in [4.78, 5) is 13.5. The van der Waals surface area contributed by atoms with Gasteiger partial charge in [0.05, 0.1) is 11.3 Å². The number of nitrogens with zero attached hydrogens (tertiary/aromatic N) is 2. The van der Waals surface area contributed by atoms with Crippen LogP contribution in [0.15, 0.2) is 18.2 Å². The number of urea groups is 1. The molecule has 1 aromatic carbocycles. The molecule has 2 N–H and O–H groups in total. The highest BCUT2D eigenvalue weighted by Gasteiger charge is 2.25. The zero-order valence-corrected chi connectivity index (χ0v) is 10.3. The van der Waals surface area contributed by atoms with Crippen molar-refractivity contribution in [3.8, 4) is 6.07 Å². The van der Waals surface area contributed by atoms with Gasteiger partial charge in [-0.1, -0.05) is 0 Å². The highest BCUT2D eigenvalue weighted by molar-refractivity contribution is 5.91. The lowest BCUT2D eigenvalue weighted by Gasteiger charge is -2.17. The van der Waals surface area contributed by atoms with E-state index in [-0.39, 0.29) is 24.1 Å². The van der Waals surface area contributed by atoms with E-state index in [1.807, 2.05) is 6.07 Å². The minimum atomic E-state index is -0.518. The van der Waals surface area contributed by atoms with Crippen LogP contribution in [-0.4, -0.2) is 35.7 Å². The number of rotatable bonds is 2. The molecular formula is C13H14FN3O2. The van der Waals surface area contributed by atoms with Crippen molar-refractivity contribution in [3.63, 3.8) is 0 Å². The third kappa shape index (κ3) is 3.01. The Morgan fingerprint density at radius 2 is 2.42 bits per heavy atom. The highest BCUT2D eigenvalue weighted by Crippen LogP contribution is 2.19. The molecule has 1 saturated heterocycles. The fourth-order valence-corrected chi connectivity index (χ4v) is 2.08. The lowest BCUT2D eigenvalue weighted by Crippen LogP contribution is -2.33. The molecule has 0 aliphatic carbocycles. The van der Waals surface area contributed by atoms with Crippen LogP contribution in [-0.2, 0) is 0 Å². The Bertz CT molecular complexity index is 527. The third-order valence-corrected chi connectivity index (χ3v) is 3.17. The number of hydrogen-bond acceptors (Lipinski definition) is 3. The molecule has 2 amide bonds. The van der Waals surface area contributed by atoms with Crippen molar-refractivity contribution in [2.75, 3.05) is 25.0 Å². The number of carbonyl (C=O) groups excluding carboxylic acids is 1. The van der Waals surface area contributed by atoms with Gasteiger partial charge >= 0.3 is 6.03 Å². The summed E-state index contributed by atoms with van der Waals surface area (Å²) in [5, 5.41) is 20.5. The van der Waals surface area contributed by atoms with Gasteiger partial charge in [0.1, 0.15) is 11.9 Å². The second-order valence-electron chi connectivity index (χ2n) is 4.52. The summed E-state index contributed by atoms with van der Waals surface area (Å²) >= 11 is 0. The molecule has 100 valence electrons. The molecule has 6 heteroatoms. The van der Waals surface area contributed by atoms with Crippen LogP contribution in [0.3, 0.4) is 0 Å². The number of nitriles is 1. The van der Waals surface area contributed by atoms with E-state index in [4.69, 9.17) is 10.4 Å². The van der Waals surface area contributed by atoms with Gasteiger partial charge in [-0.3, -0.25) is 0 Å². The molecule has 1 aromatic rings. The fourth-order valence-electron chi connectivity index (χ4n) is 2.08. The molecule has 0 saturated carbocycles. The zero-order chi connectivity index (χ0) is 13.8. The first-order valence-electron chi connectivity index (χ1n) is 6.00. The summed E-state index contributed by atoms with van der Waals surface area (Å²) < 4.78 is 13.0. The first-order chi connectivity index (χ1) is 9.13. The number of aliphatic hydroxyl groups is 1. The monoisotopic (exact) mass is 263 g/mol. The van der Waals surface area contributed by atoms with Gasteiger partial charge in [-0.25, -0.2) is 9.18 Å². The predicted octanol–water partition coefficient (Wildman–Crippen LogP) is 1.54. The smallest absolute Gasteiger partial charge is 0.321 e. The van der Waals surface area contributed by atoms with E-state index in [1.165, 1.54) is 12.1 Å². The van der Waals surface area contributed by atoms with Crippen molar-refractivity contribution in [2.45, 2.75) is 6.42 Å². The lowest BCUT2D eigenvalue weighted by molar-refractivity contribution is 0.208. The van der Waals surface area contributed by atoms with Crippen molar-refractivity contribution in [1.82, 2.24) is 4.90 Å². The van der Waals surface area contributed by atoms with Gasteiger partial charge in [0.15, 0.2) is 0 Å². The van der Waals surface area contributed by atoms with Crippen molar-refractivity contribution in [3.05, 3.63) is 29.6 Å². The average Bonchev–Trinajstić information content (AvgIpc) is 2.89. The van der Waals surface area contributed by atoms with Gasteiger partial charge in [0, 0.05) is 25.6 Å². The molecule has 0 radical (unpaired) electrons. The number of carbonyl (C=O) groups is 1. The number of nitrogens with one attached hydrogen (secondary N) is 1. The standard InChI is InChI=1S/C13H14FN3O2/c14-11-1-2-12(10(5-11)6-15)16-13(19)17-4-3-9(7-17)8-18/h1-2,5,9,18H,3-4,7-8H2,(H,16,19). The Balaban J connectivity index is 2.06. The Morgan fingerprint density at radius 3 is 3.05 bits per heavy atom. The summed E-state index contributed by atoms with van der Waals surface area (Å²) in [6, 6.07) is 5.14. The maximum atomic E-state index is 13.0. The first kappa shape index (κ1) is 13.3. The minimum Gasteiger partial charge on any atom is -0.396 e. The Kier molecular flexibility index (Phi) is 3.97. The second kappa shape index (κ2) is 5.67. The second-order valence-corrected chi connectivity index (χ2v) is 4.52. The number of benzene rings is 1. The van der Waals surface area contributed by atoms with Crippen LogP contribution in [0, 0.1) is 23.1 Å². The Labute approximate surface area is 110 Å². The van der Waals surface area contributed by atoms with Crippen LogP contribution in [0.5, 0.6) is 0 Å². The molecule has 1 heterocycles. The average molecular weight is 263 g/mol. The lowest BCUT2D eigenvalue weighted by atomic mass is 10.1. The molecule has 19 heavy (non-hydrogen) atoms. The van der Waals surface area contributed by atoms with Gasteiger partial charge in [-0.2, -0.15) is 5.26 Å². The molecule has 1 aliphatic rings. The van der Waals surface area contributed by atoms with Crippen molar-refractivity contribution in [1.29, 1.82) is 5.26 Å². The normalized spacial score (nSPS) is 18.2. The fraction of sp³-hybridized carbons (Fsp3) is 0.385. The minimum absolute atomic E-state index is 0.0593. The van der Waals surface area contributed by atoms with Gasteiger partial charge in [0.2, 0.25) is 0 Å².